The average molecular weight is 349 g/mol. The van der Waals surface area contributed by atoms with Gasteiger partial charge in [-0.3, -0.25) is 29.7 Å². The normalized spacial score (nSPS) is 11.6. The molecule has 11 heteroatoms. The molecule has 1 atom stereocenters. The van der Waals surface area contributed by atoms with Crippen LogP contribution in [0.4, 0.5) is 17.1 Å². The molecule has 2 aromatic rings. The molecule has 1 aromatic heterocycles. The first kappa shape index (κ1) is 17.8. The number of nitro benzene ring substituents is 1. The maximum atomic E-state index is 12.4. The number of aromatic nitrogens is 2. The van der Waals surface area contributed by atoms with Crippen molar-refractivity contribution in [2.24, 2.45) is 0 Å². The number of anilines is 1. The van der Waals surface area contributed by atoms with Gasteiger partial charge in [-0.05, 0) is 19.9 Å². The van der Waals surface area contributed by atoms with Crippen LogP contribution in [0.15, 0.2) is 24.4 Å². The number of nitrogens with one attached hydrogen (secondary N) is 1. The maximum absolute atomic E-state index is 12.4. The average Bonchev–Trinajstić information content (AvgIpc) is 2.95. The van der Waals surface area contributed by atoms with Gasteiger partial charge in [-0.25, -0.2) is 0 Å². The summed E-state index contributed by atoms with van der Waals surface area (Å²) in [6.45, 7) is 3.01. The van der Waals surface area contributed by atoms with E-state index >= 15 is 0 Å². The van der Waals surface area contributed by atoms with E-state index in [1.54, 1.807) is 0 Å². The first-order valence-corrected chi connectivity index (χ1v) is 7.08. The van der Waals surface area contributed by atoms with Crippen molar-refractivity contribution in [1.82, 2.24) is 9.78 Å². The quantitative estimate of drug-likeness (QED) is 0.622. The second-order valence-corrected chi connectivity index (χ2v) is 5.12. The third-order valence-corrected chi connectivity index (χ3v) is 3.62. The smallest absolute Gasteiger partial charge is 0.309 e. The predicted molar refractivity (Wildman–Crippen MR) is 86.6 cm³/mol. The van der Waals surface area contributed by atoms with E-state index in [0.29, 0.717) is 0 Å². The van der Waals surface area contributed by atoms with Crippen LogP contribution in [0.5, 0.6) is 5.75 Å². The standard InChI is InChI=1S/C14H15N5O6/c1-8-12(19(23)24)7-15-17(8)9(2)14(20)16-11-5-4-10(18(21)22)6-13(11)25-3/h4-7,9H,1-3H3,(H,16,20). The van der Waals surface area contributed by atoms with Crippen LogP contribution in [0.2, 0.25) is 0 Å². The molecular weight excluding hydrogens is 334 g/mol. The molecule has 0 aliphatic carbocycles. The molecule has 11 nitrogen and oxygen atoms in total. The molecule has 0 aliphatic heterocycles. The van der Waals surface area contributed by atoms with Gasteiger partial charge in [0.25, 0.3) is 5.69 Å². The molecule has 1 N–H and O–H groups in total. The van der Waals surface area contributed by atoms with E-state index < -0.39 is 21.8 Å². The number of amides is 1. The topological polar surface area (TPSA) is 142 Å². The molecule has 1 unspecified atom stereocenters. The summed E-state index contributed by atoms with van der Waals surface area (Å²) in [4.78, 5) is 32.9. The Morgan fingerprint density at radius 1 is 1.32 bits per heavy atom. The summed E-state index contributed by atoms with van der Waals surface area (Å²) in [5, 5.41) is 28.1. The number of hydrogen-bond donors (Lipinski definition) is 1. The Morgan fingerprint density at radius 2 is 2.00 bits per heavy atom. The van der Waals surface area contributed by atoms with Gasteiger partial charge in [-0.15, -0.1) is 0 Å². The largest absolute Gasteiger partial charge is 0.494 e. The first-order valence-electron chi connectivity index (χ1n) is 7.08. The van der Waals surface area contributed by atoms with Gasteiger partial charge in [0.2, 0.25) is 5.91 Å². The van der Waals surface area contributed by atoms with Crippen LogP contribution in [-0.4, -0.2) is 32.6 Å². The number of nitro groups is 2. The summed E-state index contributed by atoms with van der Waals surface area (Å²) in [6, 6.07) is 2.92. The Bertz CT molecular complexity index is 846. The Kier molecular flexibility index (Phi) is 4.96. The second-order valence-electron chi connectivity index (χ2n) is 5.12. The molecule has 0 radical (unpaired) electrons. The van der Waals surface area contributed by atoms with Gasteiger partial charge in [0.1, 0.15) is 23.7 Å². The van der Waals surface area contributed by atoms with Crippen LogP contribution in [0.3, 0.4) is 0 Å². The molecule has 0 aliphatic rings. The molecule has 0 bridgehead atoms. The lowest BCUT2D eigenvalue weighted by Crippen LogP contribution is -2.25. The second kappa shape index (κ2) is 6.95. The van der Waals surface area contributed by atoms with Crippen molar-refractivity contribution in [3.63, 3.8) is 0 Å². The SMILES string of the molecule is COc1cc([N+](=O)[O-])ccc1NC(=O)C(C)n1ncc([N+](=O)[O-])c1C. The lowest BCUT2D eigenvalue weighted by atomic mass is 10.2. The number of nitrogens with zero attached hydrogens (tertiary/aromatic N) is 4. The zero-order valence-corrected chi connectivity index (χ0v) is 13.6. The van der Waals surface area contributed by atoms with Gasteiger partial charge in [0.15, 0.2) is 0 Å². The van der Waals surface area contributed by atoms with Crippen molar-refractivity contribution in [2.75, 3.05) is 12.4 Å². The number of rotatable bonds is 6. The number of methoxy groups -OCH3 is 1. The molecule has 2 rings (SSSR count). The van der Waals surface area contributed by atoms with E-state index in [-0.39, 0.29) is 28.5 Å². The van der Waals surface area contributed by atoms with Crippen LogP contribution < -0.4 is 10.1 Å². The highest BCUT2D eigenvalue weighted by Gasteiger charge is 2.24. The highest BCUT2D eigenvalue weighted by molar-refractivity contribution is 5.95. The van der Waals surface area contributed by atoms with Crippen molar-refractivity contribution in [1.29, 1.82) is 0 Å². The lowest BCUT2D eigenvalue weighted by molar-refractivity contribution is -0.385. The summed E-state index contributed by atoms with van der Waals surface area (Å²) in [5.41, 5.74) is 0.113. The molecule has 0 saturated heterocycles. The van der Waals surface area contributed by atoms with Gasteiger partial charge in [-0.1, -0.05) is 0 Å². The van der Waals surface area contributed by atoms with Crippen LogP contribution in [0.25, 0.3) is 0 Å². The zero-order valence-electron chi connectivity index (χ0n) is 13.6. The fraction of sp³-hybridized carbons (Fsp3) is 0.286. The van der Waals surface area contributed by atoms with Gasteiger partial charge >= 0.3 is 5.69 Å². The number of hydrogen-bond acceptors (Lipinski definition) is 7. The number of carbonyl (C=O) groups is 1. The Morgan fingerprint density at radius 3 is 2.52 bits per heavy atom. The van der Waals surface area contributed by atoms with Crippen molar-refractivity contribution < 1.29 is 19.4 Å². The van der Waals surface area contributed by atoms with E-state index in [9.17, 15) is 25.0 Å². The highest BCUT2D eigenvalue weighted by Crippen LogP contribution is 2.30. The molecule has 132 valence electrons. The van der Waals surface area contributed by atoms with E-state index in [1.165, 1.54) is 43.8 Å². The van der Waals surface area contributed by atoms with Gasteiger partial charge in [0.05, 0.1) is 28.7 Å². The Hall–Kier alpha value is -3.50. The number of non-ortho nitro benzene ring substituents is 1. The highest BCUT2D eigenvalue weighted by atomic mass is 16.6. The Balaban J connectivity index is 2.24. The molecule has 25 heavy (non-hydrogen) atoms. The fourth-order valence-corrected chi connectivity index (χ4v) is 2.23. The third kappa shape index (κ3) is 3.54. The Labute approximate surface area is 141 Å². The van der Waals surface area contributed by atoms with Gasteiger partial charge in [-0.2, -0.15) is 5.10 Å². The van der Waals surface area contributed by atoms with Crippen LogP contribution in [-0.2, 0) is 4.79 Å². The summed E-state index contributed by atoms with van der Waals surface area (Å²) in [7, 11) is 1.32. The van der Waals surface area contributed by atoms with Crippen LogP contribution >= 0.6 is 0 Å². The first-order chi connectivity index (χ1) is 11.8. The van der Waals surface area contributed by atoms with E-state index in [1.807, 2.05) is 0 Å². The maximum Gasteiger partial charge on any atom is 0.309 e. The molecule has 1 heterocycles. The van der Waals surface area contributed by atoms with E-state index in [0.717, 1.165) is 6.20 Å². The molecule has 1 amide bonds. The third-order valence-electron chi connectivity index (χ3n) is 3.62. The van der Waals surface area contributed by atoms with Crippen LogP contribution in [0.1, 0.15) is 18.7 Å². The summed E-state index contributed by atoms with van der Waals surface area (Å²) >= 11 is 0. The molecule has 0 fully saturated rings. The number of carbonyl (C=O) groups excluding carboxylic acids is 1. The van der Waals surface area contributed by atoms with E-state index in [4.69, 9.17) is 4.74 Å². The summed E-state index contributed by atoms with van der Waals surface area (Å²) < 4.78 is 6.28. The molecular formula is C14H15N5O6. The predicted octanol–water partition coefficient (Wildman–Crippen LogP) is 2.22. The monoisotopic (exact) mass is 349 g/mol. The fourth-order valence-electron chi connectivity index (χ4n) is 2.23. The van der Waals surface area contributed by atoms with E-state index in [2.05, 4.69) is 10.4 Å². The van der Waals surface area contributed by atoms with Crippen molar-refractivity contribution in [3.05, 3.63) is 50.3 Å². The minimum absolute atomic E-state index is 0.123. The van der Waals surface area contributed by atoms with Crippen molar-refractivity contribution >= 4 is 23.0 Å². The van der Waals surface area contributed by atoms with Gasteiger partial charge < -0.3 is 10.1 Å². The molecule has 0 spiro atoms. The zero-order chi connectivity index (χ0) is 18.7. The van der Waals surface area contributed by atoms with Gasteiger partial charge in [0, 0.05) is 6.07 Å². The summed E-state index contributed by atoms with van der Waals surface area (Å²) in [5.74, 6) is -0.383. The molecule has 1 aromatic carbocycles. The lowest BCUT2D eigenvalue weighted by Gasteiger charge is -2.15. The van der Waals surface area contributed by atoms with Crippen LogP contribution in [0, 0.1) is 27.2 Å². The van der Waals surface area contributed by atoms with Crippen molar-refractivity contribution in [3.8, 4) is 5.75 Å². The molecule has 0 saturated carbocycles. The van der Waals surface area contributed by atoms with Crippen molar-refractivity contribution in [2.45, 2.75) is 19.9 Å². The minimum atomic E-state index is -0.839. The minimum Gasteiger partial charge on any atom is -0.494 e. The summed E-state index contributed by atoms with van der Waals surface area (Å²) in [6.07, 6.45) is 1.07. The number of benzene rings is 1. The number of ether oxygens (including phenoxy) is 1.